The Bertz CT molecular complexity index is 320. The molecular formula is C12H20N4. The first kappa shape index (κ1) is 12.5. The van der Waals surface area contributed by atoms with Crippen LogP contribution in [0.15, 0.2) is 29.5 Å². The summed E-state index contributed by atoms with van der Waals surface area (Å²) < 4.78 is 0. The SMILES string of the molecule is CN(C)C(=NCCc1cccnc1)N(C)C. The number of nitrogens with zero attached hydrogens (tertiary/aromatic N) is 4. The first-order valence-electron chi connectivity index (χ1n) is 5.39. The molecule has 1 aromatic heterocycles. The van der Waals surface area contributed by atoms with Gasteiger partial charge in [-0.05, 0) is 18.1 Å². The van der Waals surface area contributed by atoms with Crippen molar-refractivity contribution in [1.82, 2.24) is 14.8 Å². The Labute approximate surface area is 97.6 Å². The molecule has 0 aliphatic rings. The molecule has 0 spiro atoms. The molecule has 0 atom stereocenters. The third kappa shape index (κ3) is 3.88. The minimum absolute atomic E-state index is 0.789. The normalized spacial score (nSPS) is 9.75. The van der Waals surface area contributed by atoms with E-state index in [1.54, 1.807) is 6.20 Å². The number of guanidine groups is 1. The second kappa shape index (κ2) is 6.10. The zero-order valence-corrected chi connectivity index (χ0v) is 10.5. The van der Waals surface area contributed by atoms with E-state index in [9.17, 15) is 0 Å². The molecule has 0 saturated carbocycles. The summed E-state index contributed by atoms with van der Waals surface area (Å²) in [5.74, 6) is 0.990. The van der Waals surface area contributed by atoms with Gasteiger partial charge in [0.1, 0.15) is 0 Å². The molecule has 4 heteroatoms. The summed E-state index contributed by atoms with van der Waals surface area (Å²) in [6, 6.07) is 4.03. The van der Waals surface area contributed by atoms with Crippen LogP contribution in [0.3, 0.4) is 0 Å². The average molecular weight is 220 g/mol. The summed E-state index contributed by atoms with van der Waals surface area (Å²) in [4.78, 5) is 12.7. The van der Waals surface area contributed by atoms with Crippen LogP contribution in [0.2, 0.25) is 0 Å². The van der Waals surface area contributed by atoms with Crippen molar-refractivity contribution >= 4 is 5.96 Å². The van der Waals surface area contributed by atoms with Gasteiger partial charge in [-0.1, -0.05) is 6.07 Å². The smallest absolute Gasteiger partial charge is 0.195 e. The molecule has 0 unspecified atom stereocenters. The average Bonchev–Trinajstić information content (AvgIpc) is 2.24. The van der Waals surface area contributed by atoms with Crippen LogP contribution in [0.5, 0.6) is 0 Å². The van der Waals surface area contributed by atoms with Crippen molar-refractivity contribution in [3.8, 4) is 0 Å². The minimum Gasteiger partial charge on any atom is -0.349 e. The van der Waals surface area contributed by atoms with Crippen molar-refractivity contribution in [3.63, 3.8) is 0 Å². The Hall–Kier alpha value is -1.58. The quantitative estimate of drug-likeness (QED) is 0.565. The summed E-state index contributed by atoms with van der Waals surface area (Å²) in [5, 5.41) is 0. The Morgan fingerprint density at radius 2 is 1.94 bits per heavy atom. The molecule has 0 aliphatic heterocycles. The molecule has 0 saturated heterocycles. The number of aromatic nitrogens is 1. The van der Waals surface area contributed by atoms with Crippen molar-refractivity contribution in [2.45, 2.75) is 6.42 Å². The van der Waals surface area contributed by atoms with Gasteiger partial charge in [0.2, 0.25) is 0 Å². The maximum Gasteiger partial charge on any atom is 0.195 e. The van der Waals surface area contributed by atoms with Gasteiger partial charge in [0, 0.05) is 47.1 Å². The molecule has 88 valence electrons. The lowest BCUT2D eigenvalue weighted by Crippen LogP contribution is -2.35. The fraction of sp³-hybridized carbons (Fsp3) is 0.500. The lowest BCUT2D eigenvalue weighted by atomic mass is 10.2. The van der Waals surface area contributed by atoms with Crippen LogP contribution in [0, 0.1) is 0 Å². The van der Waals surface area contributed by atoms with Crippen LogP contribution in [0.1, 0.15) is 5.56 Å². The molecule has 0 N–H and O–H groups in total. The summed E-state index contributed by atoms with van der Waals surface area (Å²) >= 11 is 0. The van der Waals surface area contributed by atoms with Gasteiger partial charge in [-0.3, -0.25) is 9.98 Å². The molecule has 4 nitrogen and oxygen atoms in total. The maximum absolute atomic E-state index is 4.56. The van der Waals surface area contributed by atoms with E-state index in [1.807, 2.05) is 50.3 Å². The van der Waals surface area contributed by atoms with Crippen LogP contribution in [-0.4, -0.2) is 55.5 Å². The van der Waals surface area contributed by atoms with E-state index in [2.05, 4.69) is 16.0 Å². The zero-order chi connectivity index (χ0) is 12.0. The van der Waals surface area contributed by atoms with Gasteiger partial charge < -0.3 is 9.80 Å². The summed E-state index contributed by atoms with van der Waals surface area (Å²) in [5.41, 5.74) is 1.23. The largest absolute Gasteiger partial charge is 0.349 e. The lowest BCUT2D eigenvalue weighted by Gasteiger charge is -2.22. The molecule has 16 heavy (non-hydrogen) atoms. The maximum atomic E-state index is 4.56. The minimum atomic E-state index is 0.789. The Balaban J connectivity index is 2.52. The van der Waals surface area contributed by atoms with Crippen molar-refractivity contribution in [1.29, 1.82) is 0 Å². The van der Waals surface area contributed by atoms with E-state index >= 15 is 0 Å². The van der Waals surface area contributed by atoms with Gasteiger partial charge in [0.25, 0.3) is 0 Å². The highest BCUT2D eigenvalue weighted by atomic mass is 15.3. The van der Waals surface area contributed by atoms with Crippen molar-refractivity contribution in [3.05, 3.63) is 30.1 Å². The van der Waals surface area contributed by atoms with E-state index in [0.717, 1.165) is 18.9 Å². The van der Waals surface area contributed by atoms with Gasteiger partial charge >= 0.3 is 0 Å². The first-order chi connectivity index (χ1) is 7.61. The molecule has 0 radical (unpaired) electrons. The van der Waals surface area contributed by atoms with Gasteiger partial charge in [-0.25, -0.2) is 0 Å². The highest BCUT2D eigenvalue weighted by molar-refractivity contribution is 5.79. The number of hydrogen-bond donors (Lipinski definition) is 0. The topological polar surface area (TPSA) is 31.7 Å². The highest BCUT2D eigenvalue weighted by Crippen LogP contribution is 1.98. The second-order valence-electron chi connectivity index (χ2n) is 4.08. The van der Waals surface area contributed by atoms with E-state index in [-0.39, 0.29) is 0 Å². The fourth-order valence-corrected chi connectivity index (χ4v) is 1.51. The van der Waals surface area contributed by atoms with Crippen molar-refractivity contribution in [2.75, 3.05) is 34.7 Å². The summed E-state index contributed by atoms with van der Waals surface area (Å²) in [7, 11) is 8.01. The van der Waals surface area contributed by atoms with Crippen molar-refractivity contribution < 1.29 is 0 Å². The van der Waals surface area contributed by atoms with E-state index in [0.29, 0.717) is 0 Å². The molecule has 1 aromatic rings. The summed E-state index contributed by atoms with van der Waals surface area (Å²) in [6.07, 6.45) is 4.61. The second-order valence-corrected chi connectivity index (χ2v) is 4.08. The van der Waals surface area contributed by atoms with Gasteiger partial charge in [0.05, 0.1) is 0 Å². The van der Waals surface area contributed by atoms with Crippen LogP contribution >= 0.6 is 0 Å². The van der Waals surface area contributed by atoms with Gasteiger partial charge in [-0.2, -0.15) is 0 Å². The number of pyridine rings is 1. The van der Waals surface area contributed by atoms with Crippen LogP contribution in [0.25, 0.3) is 0 Å². The van der Waals surface area contributed by atoms with Gasteiger partial charge in [-0.15, -0.1) is 0 Å². The molecule has 0 amide bonds. The molecular weight excluding hydrogens is 200 g/mol. The third-order valence-corrected chi connectivity index (χ3v) is 2.18. The number of aliphatic imine (C=N–C) groups is 1. The highest BCUT2D eigenvalue weighted by Gasteiger charge is 2.02. The Morgan fingerprint density at radius 1 is 1.25 bits per heavy atom. The molecule has 0 fully saturated rings. The standard InChI is InChI=1S/C12H20N4/c1-15(2)12(16(3)4)14-9-7-11-6-5-8-13-10-11/h5-6,8,10H,7,9H2,1-4H3. The molecule has 0 bridgehead atoms. The monoisotopic (exact) mass is 220 g/mol. The van der Waals surface area contributed by atoms with Gasteiger partial charge in [0.15, 0.2) is 5.96 Å². The number of hydrogen-bond acceptors (Lipinski definition) is 2. The van der Waals surface area contributed by atoms with E-state index < -0.39 is 0 Å². The van der Waals surface area contributed by atoms with Crippen molar-refractivity contribution in [2.24, 2.45) is 4.99 Å². The molecule has 1 heterocycles. The van der Waals surface area contributed by atoms with E-state index in [4.69, 9.17) is 0 Å². The lowest BCUT2D eigenvalue weighted by molar-refractivity contribution is 0.479. The molecule has 1 rings (SSSR count). The van der Waals surface area contributed by atoms with Crippen LogP contribution < -0.4 is 0 Å². The third-order valence-electron chi connectivity index (χ3n) is 2.18. The first-order valence-corrected chi connectivity index (χ1v) is 5.39. The van der Waals surface area contributed by atoms with E-state index in [1.165, 1.54) is 5.56 Å². The van der Waals surface area contributed by atoms with Crippen LogP contribution in [0.4, 0.5) is 0 Å². The zero-order valence-electron chi connectivity index (χ0n) is 10.5. The molecule has 0 aromatic carbocycles. The van der Waals surface area contributed by atoms with Crippen LogP contribution in [-0.2, 0) is 6.42 Å². The molecule has 0 aliphatic carbocycles. The fourth-order valence-electron chi connectivity index (χ4n) is 1.51. The Kier molecular flexibility index (Phi) is 4.76. The Morgan fingerprint density at radius 3 is 2.44 bits per heavy atom. The summed E-state index contributed by atoms with van der Waals surface area (Å²) in [6.45, 7) is 0.789. The number of rotatable bonds is 3. The predicted octanol–water partition coefficient (Wildman–Crippen LogP) is 1.10. The predicted molar refractivity (Wildman–Crippen MR) is 67.6 cm³/mol.